The van der Waals surface area contributed by atoms with Crippen LogP contribution in [0.2, 0.25) is 0 Å². The van der Waals surface area contributed by atoms with Gasteiger partial charge in [0, 0.05) is 12.3 Å². The molecule has 0 spiro atoms. The average molecular weight is 647 g/mol. The maximum absolute atomic E-state index is 12.9. The molecule has 11 atom stereocenters. The Kier molecular flexibility index (Phi) is 7.08. The van der Waals surface area contributed by atoms with Gasteiger partial charge in [-0.2, -0.15) is 0 Å². The molecule has 46 heavy (non-hydrogen) atoms. The van der Waals surface area contributed by atoms with Crippen LogP contribution in [0, 0.1) is 11.3 Å². The zero-order valence-corrected chi connectivity index (χ0v) is 24.8. The number of ether oxygens (including phenoxy) is 7. The summed E-state index contributed by atoms with van der Waals surface area (Å²) in [6.07, 6.45) is -8.98. The highest BCUT2D eigenvalue weighted by molar-refractivity contribution is 5.90. The number of phenolic OH excluding ortho intramolecular Hbond substituents is 2. The van der Waals surface area contributed by atoms with Crippen molar-refractivity contribution in [1.82, 2.24) is 0 Å². The van der Waals surface area contributed by atoms with Gasteiger partial charge in [0.25, 0.3) is 0 Å². The first-order valence-corrected chi connectivity index (χ1v) is 14.7. The second-order valence-corrected chi connectivity index (χ2v) is 12.7. The third kappa shape index (κ3) is 4.20. The number of methoxy groups -OCH3 is 1. The third-order valence-electron chi connectivity index (χ3n) is 10.3. The Morgan fingerprint density at radius 3 is 2.35 bits per heavy atom. The summed E-state index contributed by atoms with van der Waals surface area (Å²) in [5.41, 5.74) is -3.56. The third-order valence-corrected chi connectivity index (χ3v) is 10.3. The number of carbonyl (C=O) groups is 2. The maximum atomic E-state index is 12.9. The number of aliphatic hydroxyl groups is 4. The van der Waals surface area contributed by atoms with Crippen molar-refractivity contribution in [3.8, 4) is 17.2 Å². The van der Waals surface area contributed by atoms with Crippen molar-refractivity contribution < 1.29 is 73.4 Å². The van der Waals surface area contributed by atoms with E-state index in [2.05, 4.69) is 0 Å². The van der Waals surface area contributed by atoms with Gasteiger partial charge >= 0.3 is 11.9 Å². The molecular formula is C31H34O15. The Morgan fingerprint density at radius 1 is 0.935 bits per heavy atom. The summed E-state index contributed by atoms with van der Waals surface area (Å²) in [5.74, 6) is -3.87. The largest absolute Gasteiger partial charge is 0.508 e. The minimum absolute atomic E-state index is 0.0000467. The first-order chi connectivity index (χ1) is 21.8. The van der Waals surface area contributed by atoms with Crippen LogP contribution in [0.3, 0.4) is 0 Å². The fraction of sp³-hybridized carbons (Fsp3) is 0.548. The molecule has 15 nitrogen and oxygen atoms in total. The molecule has 248 valence electrons. The minimum Gasteiger partial charge on any atom is -0.508 e. The number of aliphatic hydroxyl groups excluding tert-OH is 3. The van der Waals surface area contributed by atoms with Gasteiger partial charge in [0.2, 0.25) is 0 Å². The molecule has 3 aliphatic carbocycles. The molecule has 0 amide bonds. The number of carbonyl (C=O) groups excluding carboxylic acids is 2. The summed E-state index contributed by atoms with van der Waals surface area (Å²) in [6, 6.07) is 9.30. The van der Waals surface area contributed by atoms with E-state index < -0.39 is 83.9 Å². The molecule has 0 aromatic heterocycles. The lowest BCUT2D eigenvalue weighted by Gasteiger charge is -2.67. The number of rotatable bonds is 9. The Bertz CT molecular complexity index is 1550. The van der Waals surface area contributed by atoms with E-state index in [-0.39, 0.29) is 47.8 Å². The summed E-state index contributed by atoms with van der Waals surface area (Å²) in [7, 11) is 1.32. The SMILES string of the molecule is COc1cc(C(=O)OC[C@H]2O[C@@H](O[C@]34C[C@@H]5[C@@]3(COC(=O)c3ccc(O)cc3)[C@H]3O[C@]5(O)C[C@]4(C)O3)[C@H](O)[C@@H](O)[C@@H]2O)ccc1O. The van der Waals surface area contributed by atoms with Crippen molar-refractivity contribution in [2.24, 2.45) is 11.3 Å². The summed E-state index contributed by atoms with van der Waals surface area (Å²) < 4.78 is 40.6. The first-order valence-electron chi connectivity index (χ1n) is 14.7. The van der Waals surface area contributed by atoms with E-state index in [4.69, 9.17) is 33.2 Å². The molecule has 2 aromatic carbocycles. The monoisotopic (exact) mass is 646 g/mol. The Morgan fingerprint density at radius 2 is 1.63 bits per heavy atom. The van der Waals surface area contributed by atoms with Crippen molar-refractivity contribution >= 4 is 11.9 Å². The van der Waals surface area contributed by atoms with Gasteiger partial charge in [-0.25, -0.2) is 9.59 Å². The van der Waals surface area contributed by atoms with E-state index in [9.17, 15) is 40.2 Å². The van der Waals surface area contributed by atoms with Gasteiger partial charge in [0.05, 0.1) is 23.7 Å². The van der Waals surface area contributed by atoms with Gasteiger partial charge in [-0.1, -0.05) is 0 Å². The topological polar surface area (TPSA) is 220 Å². The smallest absolute Gasteiger partial charge is 0.338 e. The Balaban J connectivity index is 1.11. The predicted octanol–water partition coefficient (Wildman–Crippen LogP) is -0.0730. The second kappa shape index (κ2) is 10.5. The molecule has 15 heteroatoms. The van der Waals surface area contributed by atoms with E-state index in [1.54, 1.807) is 6.92 Å². The Labute approximate surface area is 261 Å². The first kappa shape index (κ1) is 31.1. The van der Waals surface area contributed by atoms with E-state index in [1.165, 1.54) is 49.6 Å². The summed E-state index contributed by atoms with van der Waals surface area (Å²) in [5, 5.41) is 63.2. The molecular weight excluding hydrogens is 612 g/mol. The average Bonchev–Trinajstić information content (AvgIpc) is 3.21. The molecule has 7 aliphatic rings. The standard InChI is InChI=1S/C31H34O15/c1-28-12-30(39)20-10-31(28,29(20,27(45-28)46-30)13-42-24(37)14-3-6-16(32)7-4-14)44-26-23(36)22(35)21(34)19(43-26)11-41-25(38)15-5-8-17(33)18(9-15)40-2/h3-9,19-23,26-27,32-36,39H,10-13H2,1-2H3/t19-,20-,21-,22+,23-,26+,27-,28+,29+,30-,31+/m1/s1. The van der Waals surface area contributed by atoms with Gasteiger partial charge in [-0.15, -0.1) is 0 Å². The van der Waals surface area contributed by atoms with Crippen LogP contribution in [0.25, 0.3) is 0 Å². The quantitative estimate of drug-likeness (QED) is 0.196. The van der Waals surface area contributed by atoms with Crippen molar-refractivity contribution in [3.63, 3.8) is 0 Å². The van der Waals surface area contributed by atoms with Crippen LogP contribution in [0.15, 0.2) is 42.5 Å². The molecule has 7 fully saturated rings. The molecule has 9 rings (SSSR count). The second-order valence-electron chi connectivity index (χ2n) is 12.7. The van der Waals surface area contributed by atoms with Gasteiger partial charge in [0.1, 0.15) is 54.6 Å². The molecule has 3 saturated carbocycles. The molecule has 6 N–H and O–H groups in total. The zero-order chi connectivity index (χ0) is 32.8. The van der Waals surface area contributed by atoms with E-state index in [1.807, 2.05) is 0 Å². The van der Waals surface area contributed by atoms with E-state index in [0.717, 1.165) is 0 Å². The van der Waals surface area contributed by atoms with Gasteiger partial charge in [-0.05, 0) is 55.8 Å². The number of hydrogen-bond acceptors (Lipinski definition) is 15. The van der Waals surface area contributed by atoms with Crippen LogP contribution in [0.5, 0.6) is 17.2 Å². The van der Waals surface area contributed by atoms with Crippen LogP contribution < -0.4 is 4.74 Å². The molecule has 6 bridgehead atoms. The summed E-state index contributed by atoms with van der Waals surface area (Å²) in [4.78, 5) is 25.7. The van der Waals surface area contributed by atoms with Crippen LogP contribution >= 0.6 is 0 Å². The van der Waals surface area contributed by atoms with Crippen molar-refractivity contribution in [2.75, 3.05) is 20.3 Å². The number of esters is 2. The van der Waals surface area contributed by atoms with Gasteiger partial charge in [-0.3, -0.25) is 0 Å². The fourth-order valence-corrected chi connectivity index (χ4v) is 7.93. The van der Waals surface area contributed by atoms with Crippen molar-refractivity contribution in [2.45, 2.75) is 73.8 Å². The van der Waals surface area contributed by atoms with Gasteiger partial charge in [0.15, 0.2) is 29.9 Å². The lowest BCUT2D eigenvalue weighted by Crippen LogP contribution is -2.80. The lowest BCUT2D eigenvalue weighted by atomic mass is 9.41. The van der Waals surface area contributed by atoms with E-state index >= 15 is 0 Å². The molecule has 0 radical (unpaired) electrons. The highest BCUT2D eigenvalue weighted by atomic mass is 16.8. The van der Waals surface area contributed by atoms with Crippen LogP contribution in [-0.2, 0) is 28.4 Å². The number of hydrogen-bond donors (Lipinski definition) is 6. The van der Waals surface area contributed by atoms with Gasteiger partial charge < -0.3 is 63.8 Å². The molecule has 2 aromatic rings. The number of benzene rings is 2. The van der Waals surface area contributed by atoms with Crippen LogP contribution in [0.4, 0.5) is 0 Å². The molecule has 4 heterocycles. The van der Waals surface area contributed by atoms with Crippen LogP contribution in [0.1, 0.15) is 40.5 Å². The predicted molar refractivity (Wildman–Crippen MR) is 148 cm³/mol. The molecule has 0 unspecified atom stereocenters. The summed E-state index contributed by atoms with van der Waals surface area (Å²) in [6.45, 7) is 0.861. The number of phenols is 2. The molecule has 4 aliphatic heterocycles. The lowest BCUT2D eigenvalue weighted by molar-refractivity contribution is -0.424. The zero-order valence-electron chi connectivity index (χ0n) is 24.8. The summed E-state index contributed by atoms with van der Waals surface area (Å²) >= 11 is 0. The highest BCUT2D eigenvalue weighted by Crippen LogP contribution is 2.81. The molecule has 4 saturated heterocycles. The highest BCUT2D eigenvalue weighted by Gasteiger charge is 2.94. The maximum Gasteiger partial charge on any atom is 0.338 e. The van der Waals surface area contributed by atoms with Crippen LogP contribution in [-0.4, -0.2) is 117 Å². The minimum atomic E-state index is -1.77. The normalized spacial score (nSPS) is 41.6. The Hall–Kier alpha value is -3.54. The van der Waals surface area contributed by atoms with E-state index in [0.29, 0.717) is 0 Å². The van der Waals surface area contributed by atoms with Crippen molar-refractivity contribution in [3.05, 3.63) is 53.6 Å². The fourth-order valence-electron chi connectivity index (χ4n) is 7.93. The van der Waals surface area contributed by atoms with Crippen molar-refractivity contribution in [1.29, 1.82) is 0 Å². The number of aromatic hydroxyl groups is 2.